The predicted molar refractivity (Wildman–Crippen MR) is 94.1 cm³/mol. The molecule has 0 bridgehead atoms. The van der Waals surface area contributed by atoms with Gasteiger partial charge in [0.25, 0.3) is 5.91 Å². The van der Waals surface area contributed by atoms with E-state index in [1.54, 1.807) is 30.7 Å². The smallest absolute Gasteiger partial charge is 0.290 e. The summed E-state index contributed by atoms with van der Waals surface area (Å²) in [6, 6.07) is 9.93. The van der Waals surface area contributed by atoms with Crippen LogP contribution in [0.1, 0.15) is 47.2 Å². The van der Waals surface area contributed by atoms with Crippen molar-refractivity contribution in [3.8, 4) is 0 Å². The van der Waals surface area contributed by atoms with Crippen molar-refractivity contribution in [3.63, 3.8) is 0 Å². The lowest BCUT2D eigenvalue weighted by atomic mass is 9.95. The highest BCUT2D eigenvalue weighted by molar-refractivity contribution is 5.92. The maximum atomic E-state index is 13.2. The Morgan fingerprint density at radius 2 is 2.04 bits per heavy atom. The number of hydrogen-bond donors (Lipinski definition) is 0. The minimum atomic E-state index is -0.266. The molecular weight excluding hydrogens is 333 g/mol. The van der Waals surface area contributed by atoms with Gasteiger partial charge in [-0.15, -0.1) is 0 Å². The van der Waals surface area contributed by atoms with E-state index in [4.69, 9.17) is 4.42 Å². The highest BCUT2D eigenvalue weighted by Gasteiger charge is 2.30. The van der Waals surface area contributed by atoms with Crippen LogP contribution in [0.5, 0.6) is 0 Å². The average Bonchev–Trinajstić information content (AvgIpc) is 3.34. The van der Waals surface area contributed by atoms with Crippen molar-refractivity contribution in [2.75, 3.05) is 6.54 Å². The van der Waals surface area contributed by atoms with Crippen molar-refractivity contribution >= 4 is 5.91 Å². The fraction of sp³-hybridized carbons (Fsp3) is 0.300. The molecule has 1 aliphatic rings. The molecule has 1 aromatic carbocycles. The van der Waals surface area contributed by atoms with Gasteiger partial charge in [-0.25, -0.2) is 9.37 Å². The van der Waals surface area contributed by atoms with E-state index in [1.807, 2.05) is 21.7 Å². The third kappa shape index (κ3) is 3.40. The summed E-state index contributed by atoms with van der Waals surface area (Å²) in [6.07, 6.45) is 8.15. The molecule has 1 aliphatic heterocycles. The molecule has 5 nitrogen and oxygen atoms in total. The van der Waals surface area contributed by atoms with Crippen molar-refractivity contribution in [3.05, 3.63) is 78.0 Å². The van der Waals surface area contributed by atoms with Crippen LogP contribution >= 0.6 is 0 Å². The van der Waals surface area contributed by atoms with Crippen LogP contribution in [0.25, 0.3) is 0 Å². The normalized spacial score (nSPS) is 17.4. The van der Waals surface area contributed by atoms with Crippen molar-refractivity contribution in [1.82, 2.24) is 14.5 Å². The number of furan rings is 1. The molecule has 3 heterocycles. The first-order chi connectivity index (χ1) is 12.7. The van der Waals surface area contributed by atoms with E-state index in [1.165, 1.54) is 12.1 Å². The number of amides is 1. The third-order valence-corrected chi connectivity index (χ3v) is 4.79. The van der Waals surface area contributed by atoms with Gasteiger partial charge in [0.15, 0.2) is 5.76 Å². The number of carbonyl (C=O) groups excluding carboxylic acids is 1. The highest BCUT2D eigenvalue weighted by Crippen LogP contribution is 2.32. The molecule has 2 aromatic heterocycles. The summed E-state index contributed by atoms with van der Waals surface area (Å²) in [5.41, 5.74) is 0.963. The number of benzene rings is 1. The second-order valence-electron chi connectivity index (χ2n) is 6.56. The minimum Gasteiger partial charge on any atom is -0.454 e. The molecule has 1 atom stereocenters. The average molecular weight is 353 g/mol. The van der Waals surface area contributed by atoms with Crippen LogP contribution in [0.3, 0.4) is 0 Å². The largest absolute Gasteiger partial charge is 0.454 e. The van der Waals surface area contributed by atoms with Gasteiger partial charge in [0.1, 0.15) is 11.6 Å². The van der Waals surface area contributed by atoms with Crippen molar-refractivity contribution in [1.29, 1.82) is 0 Å². The number of carbonyl (C=O) groups is 1. The molecule has 0 saturated carbocycles. The Bertz CT molecular complexity index is 871. The topological polar surface area (TPSA) is 51.3 Å². The number of aromatic nitrogens is 2. The Balaban J connectivity index is 1.53. The lowest BCUT2D eigenvalue weighted by Crippen LogP contribution is -2.38. The number of nitrogens with zero attached hydrogens (tertiary/aromatic N) is 3. The van der Waals surface area contributed by atoms with Crippen LogP contribution in [0.2, 0.25) is 0 Å². The SMILES string of the molecule is O=C(c1ccc(Cn2ccnc2)o1)N1CCCC[C@H]1c1ccc(F)cc1. The molecule has 134 valence electrons. The van der Waals surface area contributed by atoms with Crippen molar-refractivity contribution in [2.45, 2.75) is 31.8 Å². The zero-order valence-corrected chi connectivity index (χ0v) is 14.3. The van der Waals surface area contributed by atoms with Crippen LogP contribution in [-0.2, 0) is 6.54 Å². The molecule has 0 unspecified atom stereocenters. The van der Waals surface area contributed by atoms with Gasteiger partial charge in [0, 0.05) is 18.9 Å². The first-order valence-corrected chi connectivity index (χ1v) is 8.81. The monoisotopic (exact) mass is 353 g/mol. The van der Waals surface area contributed by atoms with Crippen LogP contribution < -0.4 is 0 Å². The highest BCUT2D eigenvalue weighted by atomic mass is 19.1. The Hall–Kier alpha value is -2.89. The molecule has 0 N–H and O–H groups in total. The molecule has 0 radical (unpaired) electrons. The van der Waals surface area contributed by atoms with E-state index >= 15 is 0 Å². The summed E-state index contributed by atoms with van der Waals surface area (Å²) in [5, 5.41) is 0. The van der Waals surface area contributed by atoms with Crippen LogP contribution in [0, 0.1) is 5.82 Å². The van der Waals surface area contributed by atoms with Gasteiger partial charge in [0.2, 0.25) is 0 Å². The predicted octanol–water partition coefficient (Wildman–Crippen LogP) is 4.03. The molecule has 4 rings (SSSR count). The molecule has 3 aromatic rings. The number of hydrogen-bond acceptors (Lipinski definition) is 3. The van der Waals surface area contributed by atoms with Crippen molar-refractivity contribution in [2.24, 2.45) is 0 Å². The van der Waals surface area contributed by atoms with Crippen LogP contribution in [0.4, 0.5) is 4.39 Å². The molecule has 1 fully saturated rings. The van der Waals surface area contributed by atoms with Gasteiger partial charge in [0.05, 0.1) is 18.9 Å². The lowest BCUT2D eigenvalue weighted by Gasteiger charge is -2.35. The maximum Gasteiger partial charge on any atom is 0.290 e. The Morgan fingerprint density at radius 1 is 1.19 bits per heavy atom. The van der Waals surface area contributed by atoms with E-state index in [-0.39, 0.29) is 17.8 Å². The summed E-state index contributed by atoms with van der Waals surface area (Å²) >= 11 is 0. The van der Waals surface area contributed by atoms with Crippen molar-refractivity contribution < 1.29 is 13.6 Å². The van der Waals surface area contributed by atoms with E-state index in [2.05, 4.69) is 4.98 Å². The lowest BCUT2D eigenvalue weighted by molar-refractivity contribution is 0.0577. The minimum absolute atomic E-state index is 0.0425. The van der Waals surface area contributed by atoms with Gasteiger partial charge < -0.3 is 13.9 Å². The fourth-order valence-corrected chi connectivity index (χ4v) is 3.49. The second kappa shape index (κ2) is 7.15. The van der Waals surface area contributed by atoms with Gasteiger partial charge >= 0.3 is 0 Å². The van der Waals surface area contributed by atoms with E-state index in [9.17, 15) is 9.18 Å². The van der Waals surface area contributed by atoms with E-state index < -0.39 is 0 Å². The summed E-state index contributed by atoms with van der Waals surface area (Å²) in [7, 11) is 0. The fourth-order valence-electron chi connectivity index (χ4n) is 3.49. The molecule has 0 spiro atoms. The number of rotatable bonds is 4. The summed E-state index contributed by atoms with van der Waals surface area (Å²) < 4.78 is 20.9. The number of likely N-dealkylation sites (tertiary alicyclic amines) is 1. The van der Waals surface area contributed by atoms with E-state index in [0.29, 0.717) is 24.6 Å². The molecule has 1 saturated heterocycles. The van der Waals surface area contributed by atoms with E-state index in [0.717, 1.165) is 24.8 Å². The molecule has 1 amide bonds. The summed E-state index contributed by atoms with van der Waals surface area (Å²) in [6.45, 7) is 1.22. The molecule has 0 aliphatic carbocycles. The van der Waals surface area contributed by atoms with Gasteiger partial charge in [-0.1, -0.05) is 12.1 Å². The number of halogens is 1. The quantitative estimate of drug-likeness (QED) is 0.711. The summed E-state index contributed by atoms with van der Waals surface area (Å²) in [4.78, 5) is 18.9. The molecule has 6 heteroatoms. The van der Waals surface area contributed by atoms with Crippen LogP contribution in [-0.4, -0.2) is 26.9 Å². The zero-order valence-electron chi connectivity index (χ0n) is 14.3. The first kappa shape index (κ1) is 16.6. The number of imidazole rings is 1. The standard InChI is InChI=1S/C20H20FN3O2/c21-16-6-4-15(5-7-16)18-3-1-2-11-24(18)20(25)19-9-8-17(26-19)13-23-12-10-22-14-23/h4-10,12,14,18H,1-3,11,13H2/t18-/m0/s1. The third-order valence-electron chi connectivity index (χ3n) is 4.79. The first-order valence-electron chi connectivity index (χ1n) is 8.81. The van der Waals surface area contributed by atoms with Gasteiger partial charge in [-0.05, 0) is 49.1 Å². The van der Waals surface area contributed by atoms with Crippen LogP contribution in [0.15, 0.2) is 59.5 Å². The Labute approximate surface area is 151 Å². The summed E-state index contributed by atoms with van der Waals surface area (Å²) in [5.74, 6) is 0.671. The maximum absolute atomic E-state index is 13.2. The van der Waals surface area contributed by atoms with Gasteiger partial charge in [-0.3, -0.25) is 4.79 Å². The Kier molecular flexibility index (Phi) is 4.56. The number of piperidine rings is 1. The molecule has 26 heavy (non-hydrogen) atoms. The second-order valence-corrected chi connectivity index (χ2v) is 6.56. The zero-order chi connectivity index (χ0) is 17.9. The van der Waals surface area contributed by atoms with Gasteiger partial charge in [-0.2, -0.15) is 0 Å². The Morgan fingerprint density at radius 3 is 2.81 bits per heavy atom. The molecular formula is C20H20FN3O2.